The second-order valence-corrected chi connectivity index (χ2v) is 12.2. The summed E-state index contributed by atoms with van der Waals surface area (Å²) in [7, 11) is -4.19. The first-order valence-electron chi connectivity index (χ1n) is 13.3. The van der Waals surface area contributed by atoms with Crippen LogP contribution in [0.15, 0.2) is 97.3 Å². The van der Waals surface area contributed by atoms with E-state index in [1.165, 1.54) is 17.8 Å². The number of benzene rings is 2. The van der Waals surface area contributed by atoms with Crippen LogP contribution in [0.4, 0.5) is 0 Å². The Morgan fingerprint density at radius 2 is 0.947 bits per heavy atom. The standard InChI is InChI=1S/C31H26N2.ClH3O4/c1-3-11-20-18(9-1)26-22-17-23-27-19-10-2-4-12-21(19)31(33-16-8-6-14-25(27)33)29(23)28(22)30(20)32-15-7-5-13-24(26)32;2-1(3,4)5/h1-16,22-23,26-31H,17H2;2-4H/q+2;. The molecule has 7 aliphatic rings. The predicted molar refractivity (Wildman–Crippen MR) is 131 cm³/mol. The van der Waals surface area contributed by atoms with Gasteiger partial charge in [0.2, 0.25) is 0 Å². The fraction of sp³-hybridized carbons (Fsp3) is 0.290. The SMILES string of the molecule is [O-][Cl+](O)(O)O.c1ccc2c(c1)C1c3cccc[n+]3C2C2C1CC1C3c4ccccc4C(C12)[n+]1ccccc13. The number of hydrogen-bond donors (Lipinski definition) is 3. The maximum absolute atomic E-state index is 8.83. The molecule has 0 radical (unpaired) electrons. The maximum atomic E-state index is 8.83. The molecule has 1 saturated carbocycles. The predicted octanol–water partition coefficient (Wildman–Crippen LogP) is 2.07. The minimum Gasteiger partial charge on any atom is -0.195 e. The number of nitrogens with zero attached hydrogens (tertiary/aromatic N) is 2. The van der Waals surface area contributed by atoms with E-state index in [0.717, 1.165) is 11.8 Å². The molecule has 7 heteroatoms. The van der Waals surface area contributed by atoms with Crippen molar-refractivity contribution < 1.29 is 38.0 Å². The third-order valence-corrected chi connectivity index (χ3v) is 9.94. The van der Waals surface area contributed by atoms with Crippen molar-refractivity contribution in [1.82, 2.24) is 0 Å². The molecular formula is C31H29ClN2O4+2. The molecule has 8 unspecified atom stereocenters. The first-order valence-corrected chi connectivity index (χ1v) is 14.6. The Labute approximate surface area is 222 Å². The summed E-state index contributed by atoms with van der Waals surface area (Å²) in [6, 6.07) is 33.4. The van der Waals surface area contributed by atoms with Crippen LogP contribution in [0.2, 0.25) is 0 Å². The Hall–Kier alpha value is -3.13. The molecule has 4 aromatic rings. The van der Waals surface area contributed by atoms with Gasteiger partial charge < -0.3 is 0 Å². The van der Waals surface area contributed by atoms with Crippen LogP contribution in [-0.4, -0.2) is 14.0 Å². The average molecular weight is 529 g/mol. The summed E-state index contributed by atoms with van der Waals surface area (Å²) < 4.78 is 35.5. The normalized spacial score (nSPS) is 32.5. The molecule has 4 aliphatic heterocycles. The number of rotatable bonds is 0. The minimum atomic E-state index is -4.19. The van der Waals surface area contributed by atoms with E-state index >= 15 is 0 Å². The summed E-state index contributed by atoms with van der Waals surface area (Å²) in [6.07, 6.45) is 6.08. The molecule has 38 heavy (non-hydrogen) atoms. The maximum Gasteiger partial charge on any atom is 0.189 e. The summed E-state index contributed by atoms with van der Waals surface area (Å²) in [5.74, 6) is 3.90. The quantitative estimate of drug-likeness (QED) is 0.305. The Bertz CT molecular complexity index is 1370. The van der Waals surface area contributed by atoms with Gasteiger partial charge in [0.15, 0.2) is 35.9 Å². The third-order valence-electron chi connectivity index (χ3n) is 9.94. The molecule has 1 fully saturated rings. The van der Waals surface area contributed by atoms with Crippen LogP contribution in [0.1, 0.15) is 64.0 Å². The largest absolute Gasteiger partial charge is 0.195 e. The van der Waals surface area contributed by atoms with Crippen molar-refractivity contribution in [3.63, 3.8) is 0 Å². The van der Waals surface area contributed by atoms with Crippen LogP contribution in [0.3, 0.4) is 0 Å². The monoisotopic (exact) mass is 528 g/mol. The van der Waals surface area contributed by atoms with Crippen molar-refractivity contribution >= 4 is 0 Å². The zero-order valence-electron chi connectivity index (χ0n) is 20.6. The summed E-state index contributed by atoms with van der Waals surface area (Å²) in [4.78, 5) is 0. The molecule has 192 valence electrons. The average Bonchev–Trinajstić information content (AvgIpc) is 3.33. The van der Waals surface area contributed by atoms with Gasteiger partial charge >= 0.3 is 28.9 Å². The van der Waals surface area contributed by atoms with Crippen LogP contribution < -0.4 is 13.8 Å². The van der Waals surface area contributed by atoms with E-state index in [0.29, 0.717) is 35.8 Å². The molecule has 0 amide bonds. The molecule has 3 N–H and O–H groups in total. The molecule has 6 heterocycles. The van der Waals surface area contributed by atoms with E-state index < -0.39 is 10.2 Å². The fourth-order valence-electron chi connectivity index (χ4n) is 9.21. The molecule has 11 rings (SSSR count). The summed E-state index contributed by atoms with van der Waals surface area (Å²) >= 11 is 0. The molecule has 0 saturated heterocycles. The van der Waals surface area contributed by atoms with E-state index in [9.17, 15) is 0 Å². The summed E-state index contributed by atoms with van der Waals surface area (Å²) in [5.41, 5.74) is 9.45. The Kier molecular flexibility index (Phi) is 4.77. The van der Waals surface area contributed by atoms with Gasteiger partial charge in [-0.2, -0.15) is 9.13 Å². The van der Waals surface area contributed by atoms with Crippen LogP contribution in [-0.2, 0) is 0 Å². The second kappa shape index (κ2) is 7.94. The molecular weight excluding hydrogens is 500 g/mol. The summed E-state index contributed by atoms with van der Waals surface area (Å²) in [6.45, 7) is 0. The van der Waals surface area contributed by atoms with Gasteiger partial charge in [0, 0.05) is 47.2 Å². The van der Waals surface area contributed by atoms with Crippen molar-refractivity contribution in [3.05, 3.63) is 131 Å². The first-order chi connectivity index (χ1) is 18.4. The molecule has 4 bridgehead atoms. The van der Waals surface area contributed by atoms with Gasteiger partial charge in [0.1, 0.15) is 0 Å². The number of pyridine rings is 2. The van der Waals surface area contributed by atoms with Crippen molar-refractivity contribution in [2.75, 3.05) is 0 Å². The molecule has 0 spiro atoms. The minimum absolute atomic E-state index is 0.460. The van der Waals surface area contributed by atoms with Gasteiger partial charge in [0.05, 0.1) is 11.8 Å². The second-order valence-electron chi connectivity index (χ2n) is 11.3. The fourth-order valence-corrected chi connectivity index (χ4v) is 9.21. The topological polar surface area (TPSA) is 91.5 Å². The first kappa shape index (κ1) is 22.8. The zero-order valence-corrected chi connectivity index (χ0v) is 21.3. The zero-order chi connectivity index (χ0) is 25.8. The smallest absolute Gasteiger partial charge is 0.189 e. The van der Waals surface area contributed by atoms with Crippen molar-refractivity contribution in [1.29, 1.82) is 0 Å². The Morgan fingerprint density at radius 1 is 0.579 bits per heavy atom. The van der Waals surface area contributed by atoms with Crippen LogP contribution in [0.5, 0.6) is 0 Å². The summed E-state index contributed by atoms with van der Waals surface area (Å²) in [5, 5.41) is 0. The van der Waals surface area contributed by atoms with E-state index in [1.54, 1.807) is 22.3 Å². The van der Waals surface area contributed by atoms with Crippen LogP contribution >= 0.6 is 0 Å². The van der Waals surface area contributed by atoms with Crippen molar-refractivity contribution in [2.24, 2.45) is 23.7 Å². The molecule has 3 aliphatic carbocycles. The Morgan fingerprint density at radius 3 is 1.37 bits per heavy atom. The Balaban J connectivity index is 0.000000416. The molecule has 2 aromatic heterocycles. The van der Waals surface area contributed by atoms with Gasteiger partial charge in [-0.15, -0.1) is 0 Å². The van der Waals surface area contributed by atoms with E-state index in [1.807, 2.05) is 0 Å². The van der Waals surface area contributed by atoms with Crippen LogP contribution in [0, 0.1) is 33.9 Å². The molecule has 6 nitrogen and oxygen atoms in total. The van der Waals surface area contributed by atoms with E-state index in [4.69, 9.17) is 18.6 Å². The molecule has 8 atom stereocenters. The van der Waals surface area contributed by atoms with Gasteiger partial charge in [-0.1, -0.05) is 60.7 Å². The molecule has 2 aromatic carbocycles. The number of halogens is 1. The van der Waals surface area contributed by atoms with E-state index in [-0.39, 0.29) is 0 Å². The van der Waals surface area contributed by atoms with Gasteiger partial charge in [0.25, 0.3) is 0 Å². The van der Waals surface area contributed by atoms with Gasteiger partial charge in [-0.3, -0.25) is 0 Å². The van der Waals surface area contributed by atoms with Gasteiger partial charge in [-0.05, 0) is 29.4 Å². The van der Waals surface area contributed by atoms with Gasteiger partial charge in [-0.25, -0.2) is 0 Å². The van der Waals surface area contributed by atoms with Crippen molar-refractivity contribution in [2.45, 2.75) is 30.3 Å². The van der Waals surface area contributed by atoms with Crippen LogP contribution in [0.25, 0.3) is 0 Å². The van der Waals surface area contributed by atoms with Crippen molar-refractivity contribution in [3.8, 4) is 0 Å². The number of aromatic nitrogens is 2. The third kappa shape index (κ3) is 3.04. The van der Waals surface area contributed by atoms with E-state index in [2.05, 4.69) is 106 Å². The number of hydrogen-bond acceptors (Lipinski definition) is 4.